The molecule has 2 N–H and O–H groups in total. The standard InChI is InChI=1S/C15H12ClFN2O/c16-10-3-1-9(2-4-10)8-19-13-7-11(17)5-6-12(13)14(18)15(19)20/h1-7,14H,8,18H2. The third-order valence-electron chi connectivity index (χ3n) is 3.40. The van der Waals surface area contributed by atoms with Gasteiger partial charge in [0.15, 0.2) is 0 Å². The number of halogens is 2. The molecule has 0 bridgehead atoms. The van der Waals surface area contributed by atoms with Crippen molar-refractivity contribution in [3.05, 3.63) is 64.4 Å². The molecular weight excluding hydrogens is 279 g/mol. The number of fused-ring (bicyclic) bond motifs is 1. The molecule has 2 aromatic carbocycles. The fourth-order valence-electron chi connectivity index (χ4n) is 2.37. The third-order valence-corrected chi connectivity index (χ3v) is 3.66. The van der Waals surface area contributed by atoms with E-state index in [1.54, 1.807) is 18.2 Å². The Kier molecular flexibility index (Phi) is 3.20. The van der Waals surface area contributed by atoms with Gasteiger partial charge in [0.05, 0.1) is 12.2 Å². The summed E-state index contributed by atoms with van der Waals surface area (Å²) in [5, 5.41) is 0.629. The second-order valence-electron chi connectivity index (χ2n) is 4.73. The van der Waals surface area contributed by atoms with Gasteiger partial charge in [0, 0.05) is 10.6 Å². The average molecular weight is 291 g/mol. The minimum atomic E-state index is -0.724. The molecule has 3 rings (SSSR count). The van der Waals surface area contributed by atoms with E-state index in [9.17, 15) is 9.18 Å². The second-order valence-corrected chi connectivity index (χ2v) is 5.17. The van der Waals surface area contributed by atoms with E-state index in [4.69, 9.17) is 17.3 Å². The van der Waals surface area contributed by atoms with Gasteiger partial charge in [-0.2, -0.15) is 0 Å². The largest absolute Gasteiger partial charge is 0.316 e. The minimum Gasteiger partial charge on any atom is -0.316 e. The number of anilines is 1. The van der Waals surface area contributed by atoms with Gasteiger partial charge in [-0.25, -0.2) is 4.39 Å². The molecule has 1 amide bonds. The van der Waals surface area contributed by atoms with Crippen LogP contribution in [0, 0.1) is 5.82 Å². The Bertz CT molecular complexity index is 672. The molecule has 0 aliphatic carbocycles. The van der Waals surface area contributed by atoms with Crippen LogP contribution in [-0.2, 0) is 11.3 Å². The Morgan fingerprint density at radius 3 is 2.60 bits per heavy atom. The van der Waals surface area contributed by atoms with E-state index in [1.165, 1.54) is 17.0 Å². The number of rotatable bonds is 2. The maximum Gasteiger partial charge on any atom is 0.248 e. The lowest BCUT2D eigenvalue weighted by Crippen LogP contribution is -2.31. The zero-order valence-electron chi connectivity index (χ0n) is 10.5. The first kappa shape index (κ1) is 13.1. The van der Waals surface area contributed by atoms with Crippen LogP contribution < -0.4 is 10.6 Å². The molecule has 1 heterocycles. The fraction of sp³-hybridized carbons (Fsp3) is 0.133. The van der Waals surface area contributed by atoms with Crippen molar-refractivity contribution in [2.24, 2.45) is 5.73 Å². The zero-order valence-corrected chi connectivity index (χ0v) is 11.3. The predicted octanol–water partition coefficient (Wildman–Crippen LogP) is 3.03. The van der Waals surface area contributed by atoms with Gasteiger partial charge in [0.25, 0.3) is 0 Å². The lowest BCUT2D eigenvalue weighted by molar-refractivity contribution is -0.119. The van der Waals surface area contributed by atoms with E-state index >= 15 is 0 Å². The molecular formula is C15H12ClFN2O. The number of nitrogens with two attached hydrogens (primary N) is 1. The van der Waals surface area contributed by atoms with Crippen LogP contribution in [0.2, 0.25) is 5.02 Å². The summed E-state index contributed by atoms with van der Waals surface area (Å²) in [6.07, 6.45) is 0. The summed E-state index contributed by atoms with van der Waals surface area (Å²) in [4.78, 5) is 13.7. The van der Waals surface area contributed by atoms with E-state index in [2.05, 4.69) is 0 Å². The molecule has 1 unspecified atom stereocenters. The molecule has 0 aromatic heterocycles. The molecule has 0 radical (unpaired) electrons. The van der Waals surface area contributed by atoms with Crippen molar-refractivity contribution in [1.29, 1.82) is 0 Å². The monoisotopic (exact) mass is 290 g/mol. The van der Waals surface area contributed by atoms with Crippen molar-refractivity contribution in [3.63, 3.8) is 0 Å². The Morgan fingerprint density at radius 1 is 1.20 bits per heavy atom. The van der Waals surface area contributed by atoms with Crippen molar-refractivity contribution in [3.8, 4) is 0 Å². The first-order valence-electron chi connectivity index (χ1n) is 6.17. The van der Waals surface area contributed by atoms with E-state index in [0.29, 0.717) is 22.8 Å². The minimum absolute atomic E-state index is 0.222. The Balaban J connectivity index is 1.96. The van der Waals surface area contributed by atoms with Crippen LogP contribution in [0.25, 0.3) is 0 Å². The van der Waals surface area contributed by atoms with Gasteiger partial charge in [0.2, 0.25) is 5.91 Å². The van der Waals surface area contributed by atoms with Crippen LogP contribution in [0.1, 0.15) is 17.2 Å². The van der Waals surface area contributed by atoms with Crippen LogP contribution in [0.4, 0.5) is 10.1 Å². The van der Waals surface area contributed by atoms with Crippen molar-refractivity contribution in [1.82, 2.24) is 0 Å². The molecule has 3 nitrogen and oxygen atoms in total. The highest BCUT2D eigenvalue weighted by Gasteiger charge is 2.34. The molecule has 2 aromatic rings. The van der Waals surface area contributed by atoms with Crippen LogP contribution in [0.3, 0.4) is 0 Å². The molecule has 5 heteroatoms. The summed E-state index contributed by atoms with van der Waals surface area (Å²) in [5.74, 6) is -0.604. The summed E-state index contributed by atoms with van der Waals surface area (Å²) in [6.45, 7) is 0.347. The topological polar surface area (TPSA) is 46.3 Å². The number of hydrogen-bond acceptors (Lipinski definition) is 2. The molecule has 1 aliphatic heterocycles. The maximum absolute atomic E-state index is 13.4. The van der Waals surface area contributed by atoms with E-state index < -0.39 is 6.04 Å². The predicted molar refractivity (Wildman–Crippen MR) is 76.0 cm³/mol. The fourth-order valence-corrected chi connectivity index (χ4v) is 2.49. The van der Waals surface area contributed by atoms with Gasteiger partial charge in [-0.05, 0) is 29.8 Å². The molecule has 0 spiro atoms. The molecule has 20 heavy (non-hydrogen) atoms. The van der Waals surface area contributed by atoms with Gasteiger partial charge in [0.1, 0.15) is 11.9 Å². The van der Waals surface area contributed by atoms with Crippen LogP contribution in [0.15, 0.2) is 42.5 Å². The molecule has 1 aliphatic rings. The zero-order chi connectivity index (χ0) is 14.3. The maximum atomic E-state index is 13.4. The molecule has 102 valence electrons. The van der Waals surface area contributed by atoms with Crippen molar-refractivity contribution >= 4 is 23.2 Å². The summed E-state index contributed by atoms with van der Waals surface area (Å²) >= 11 is 5.83. The summed E-state index contributed by atoms with van der Waals surface area (Å²) in [5.41, 5.74) is 7.98. The first-order valence-corrected chi connectivity index (χ1v) is 6.55. The van der Waals surface area contributed by atoms with Gasteiger partial charge in [-0.1, -0.05) is 29.8 Å². The van der Waals surface area contributed by atoms with E-state index in [-0.39, 0.29) is 11.7 Å². The smallest absolute Gasteiger partial charge is 0.248 e. The number of carbonyl (C=O) groups excluding carboxylic acids is 1. The van der Waals surface area contributed by atoms with Crippen LogP contribution in [0.5, 0.6) is 0 Å². The van der Waals surface area contributed by atoms with Crippen molar-refractivity contribution in [2.45, 2.75) is 12.6 Å². The molecule has 0 saturated heterocycles. The summed E-state index contributed by atoms with van der Waals surface area (Å²) < 4.78 is 13.4. The summed E-state index contributed by atoms with van der Waals surface area (Å²) in [6, 6.07) is 10.7. The number of hydrogen-bond donors (Lipinski definition) is 1. The lowest BCUT2D eigenvalue weighted by atomic mass is 10.1. The first-order chi connectivity index (χ1) is 9.56. The average Bonchev–Trinajstić information content (AvgIpc) is 2.66. The van der Waals surface area contributed by atoms with E-state index in [0.717, 1.165) is 5.56 Å². The highest BCUT2D eigenvalue weighted by atomic mass is 35.5. The van der Waals surface area contributed by atoms with Gasteiger partial charge in [-0.3, -0.25) is 4.79 Å². The Hall–Kier alpha value is -1.91. The van der Waals surface area contributed by atoms with Crippen LogP contribution >= 0.6 is 11.6 Å². The van der Waals surface area contributed by atoms with Crippen molar-refractivity contribution < 1.29 is 9.18 Å². The third kappa shape index (κ3) is 2.17. The van der Waals surface area contributed by atoms with Gasteiger partial charge < -0.3 is 10.6 Å². The normalized spacial score (nSPS) is 17.4. The Morgan fingerprint density at radius 2 is 1.90 bits per heavy atom. The van der Waals surface area contributed by atoms with Gasteiger partial charge in [-0.15, -0.1) is 0 Å². The number of benzene rings is 2. The summed E-state index contributed by atoms with van der Waals surface area (Å²) in [7, 11) is 0. The highest BCUT2D eigenvalue weighted by molar-refractivity contribution is 6.30. The molecule has 0 saturated carbocycles. The number of amides is 1. The lowest BCUT2D eigenvalue weighted by Gasteiger charge is -2.17. The Labute approximate surface area is 120 Å². The van der Waals surface area contributed by atoms with E-state index in [1.807, 2.05) is 12.1 Å². The molecule has 1 atom stereocenters. The van der Waals surface area contributed by atoms with Crippen molar-refractivity contribution in [2.75, 3.05) is 4.90 Å². The van der Waals surface area contributed by atoms with Crippen LogP contribution in [-0.4, -0.2) is 5.91 Å². The highest BCUT2D eigenvalue weighted by Crippen LogP contribution is 2.36. The number of carbonyl (C=O) groups is 1. The SMILES string of the molecule is NC1C(=O)N(Cc2ccc(Cl)cc2)c2cc(F)ccc21. The quantitative estimate of drug-likeness (QED) is 0.924. The second kappa shape index (κ2) is 4.89. The number of nitrogens with zero attached hydrogens (tertiary/aromatic N) is 1. The van der Waals surface area contributed by atoms with Gasteiger partial charge >= 0.3 is 0 Å². The molecule has 0 fully saturated rings.